The first-order valence-electron chi connectivity index (χ1n) is 8.04. The minimum absolute atomic E-state index is 0.0810. The lowest BCUT2D eigenvalue weighted by atomic mass is 9.84. The van der Waals surface area contributed by atoms with Gasteiger partial charge in [-0.1, -0.05) is 6.92 Å². The van der Waals surface area contributed by atoms with Crippen LogP contribution in [0.25, 0.3) is 0 Å². The molecule has 2 aliphatic rings. The lowest BCUT2D eigenvalue weighted by Crippen LogP contribution is -2.64. The van der Waals surface area contributed by atoms with Crippen LogP contribution >= 0.6 is 0 Å². The van der Waals surface area contributed by atoms with Crippen molar-refractivity contribution in [1.82, 2.24) is 0 Å². The molecule has 130 valence electrons. The molecule has 0 aromatic heterocycles. The lowest BCUT2D eigenvalue weighted by molar-refractivity contribution is -0.256. The van der Waals surface area contributed by atoms with Gasteiger partial charge in [0.2, 0.25) is 0 Å². The van der Waals surface area contributed by atoms with Gasteiger partial charge in [-0.25, -0.2) is 0 Å². The van der Waals surface area contributed by atoms with Gasteiger partial charge in [-0.3, -0.25) is 0 Å². The van der Waals surface area contributed by atoms with Gasteiger partial charge >= 0.3 is 0 Å². The number of hydrogen-bond acceptors (Lipinski definition) is 8. The van der Waals surface area contributed by atoms with Gasteiger partial charge in [-0.15, -0.1) is 0 Å². The summed E-state index contributed by atoms with van der Waals surface area (Å²) >= 11 is 0. The SMILES string of the molecule is CCC(N)C1CCC(N)C(OC2C(N)CC(N)C(O)C2O)O1. The molecule has 1 heterocycles. The van der Waals surface area contributed by atoms with Crippen LogP contribution in [0.3, 0.4) is 0 Å². The summed E-state index contributed by atoms with van der Waals surface area (Å²) in [6, 6.07) is -1.44. The third-order valence-corrected chi connectivity index (χ3v) is 4.77. The normalized spacial score (nSPS) is 48.1. The molecule has 0 spiro atoms. The second-order valence-corrected chi connectivity index (χ2v) is 6.50. The zero-order valence-electron chi connectivity index (χ0n) is 13.0. The Morgan fingerprint density at radius 2 is 1.77 bits per heavy atom. The Kier molecular flexibility index (Phi) is 6.14. The topological polar surface area (TPSA) is 163 Å². The van der Waals surface area contributed by atoms with Crippen molar-refractivity contribution in [2.24, 2.45) is 22.9 Å². The molecule has 9 atom stereocenters. The Morgan fingerprint density at radius 3 is 2.41 bits per heavy atom. The van der Waals surface area contributed by atoms with E-state index in [-0.39, 0.29) is 18.2 Å². The Morgan fingerprint density at radius 1 is 1.09 bits per heavy atom. The summed E-state index contributed by atoms with van der Waals surface area (Å²) in [5.41, 5.74) is 23.8. The molecule has 0 aromatic carbocycles. The standard InChI is InChI=1S/C14H30N4O4/c1-2-6(15)10-4-3-7(16)14(21-10)22-13-9(18)5-8(17)11(19)12(13)20/h6-14,19-20H,2-5,15-18H2,1H3. The second kappa shape index (κ2) is 7.50. The molecule has 1 saturated carbocycles. The molecule has 0 aromatic rings. The van der Waals surface area contributed by atoms with Crippen LogP contribution in [-0.4, -0.2) is 65.1 Å². The maximum Gasteiger partial charge on any atom is 0.173 e. The molecule has 10 N–H and O–H groups in total. The maximum atomic E-state index is 10.2. The lowest BCUT2D eigenvalue weighted by Gasteiger charge is -2.44. The van der Waals surface area contributed by atoms with Crippen LogP contribution in [0.15, 0.2) is 0 Å². The van der Waals surface area contributed by atoms with E-state index in [0.717, 1.165) is 19.3 Å². The number of rotatable bonds is 4. The Bertz CT molecular complexity index is 362. The number of hydrogen-bond donors (Lipinski definition) is 6. The summed E-state index contributed by atoms with van der Waals surface area (Å²) in [6.45, 7) is 2.00. The minimum Gasteiger partial charge on any atom is -0.389 e. The highest BCUT2D eigenvalue weighted by Crippen LogP contribution is 2.27. The average molecular weight is 318 g/mol. The van der Waals surface area contributed by atoms with Crippen molar-refractivity contribution in [3.63, 3.8) is 0 Å². The number of aliphatic hydroxyl groups is 2. The average Bonchev–Trinajstić information content (AvgIpc) is 2.50. The maximum absolute atomic E-state index is 10.2. The highest BCUT2D eigenvalue weighted by molar-refractivity contribution is 4.98. The van der Waals surface area contributed by atoms with Gasteiger partial charge in [0.25, 0.3) is 0 Å². The van der Waals surface area contributed by atoms with E-state index in [1.165, 1.54) is 0 Å². The fourth-order valence-corrected chi connectivity index (χ4v) is 3.17. The molecule has 1 saturated heterocycles. The summed E-state index contributed by atoms with van der Waals surface area (Å²) in [5, 5.41) is 20.1. The first kappa shape index (κ1) is 18.0. The van der Waals surface area contributed by atoms with Crippen molar-refractivity contribution in [2.75, 3.05) is 0 Å². The summed E-state index contributed by atoms with van der Waals surface area (Å²) in [4.78, 5) is 0. The van der Waals surface area contributed by atoms with Crippen molar-refractivity contribution in [2.45, 2.75) is 87.5 Å². The van der Waals surface area contributed by atoms with E-state index in [4.69, 9.17) is 32.4 Å². The van der Waals surface area contributed by atoms with Gasteiger partial charge in [-0.05, 0) is 25.7 Å². The van der Waals surface area contributed by atoms with Gasteiger partial charge in [0, 0.05) is 18.1 Å². The predicted octanol–water partition coefficient (Wildman–Crippen LogP) is -2.28. The highest BCUT2D eigenvalue weighted by Gasteiger charge is 2.44. The van der Waals surface area contributed by atoms with Gasteiger partial charge < -0.3 is 42.6 Å². The third-order valence-electron chi connectivity index (χ3n) is 4.77. The van der Waals surface area contributed by atoms with E-state index < -0.39 is 36.7 Å². The molecule has 1 aliphatic carbocycles. The molecule has 2 rings (SSSR count). The smallest absolute Gasteiger partial charge is 0.173 e. The van der Waals surface area contributed by atoms with Crippen LogP contribution in [-0.2, 0) is 9.47 Å². The second-order valence-electron chi connectivity index (χ2n) is 6.50. The largest absolute Gasteiger partial charge is 0.389 e. The van der Waals surface area contributed by atoms with E-state index in [0.29, 0.717) is 6.42 Å². The fraction of sp³-hybridized carbons (Fsp3) is 1.00. The quantitative estimate of drug-likeness (QED) is 0.337. The number of aliphatic hydroxyl groups excluding tert-OH is 2. The van der Waals surface area contributed by atoms with Crippen LogP contribution in [0.5, 0.6) is 0 Å². The van der Waals surface area contributed by atoms with Crippen molar-refractivity contribution in [3.05, 3.63) is 0 Å². The molecule has 2 fully saturated rings. The molecule has 9 unspecified atom stereocenters. The molecule has 0 bridgehead atoms. The third kappa shape index (κ3) is 3.77. The van der Waals surface area contributed by atoms with Crippen molar-refractivity contribution in [1.29, 1.82) is 0 Å². The van der Waals surface area contributed by atoms with E-state index >= 15 is 0 Å². The van der Waals surface area contributed by atoms with E-state index in [1.54, 1.807) is 0 Å². The molecular weight excluding hydrogens is 288 g/mol. The van der Waals surface area contributed by atoms with E-state index in [1.807, 2.05) is 6.92 Å². The zero-order chi connectivity index (χ0) is 16.4. The predicted molar refractivity (Wildman–Crippen MR) is 81.6 cm³/mol. The fourth-order valence-electron chi connectivity index (χ4n) is 3.17. The van der Waals surface area contributed by atoms with Gasteiger partial charge in [-0.2, -0.15) is 0 Å². The van der Waals surface area contributed by atoms with Crippen molar-refractivity contribution < 1.29 is 19.7 Å². The zero-order valence-corrected chi connectivity index (χ0v) is 13.0. The van der Waals surface area contributed by atoms with Crippen LogP contribution in [0.1, 0.15) is 32.6 Å². The first-order valence-corrected chi connectivity index (χ1v) is 8.04. The number of nitrogens with two attached hydrogens (primary N) is 4. The van der Waals surface area contributed by atoms with Crippen LogP contribution in [0.4, 0.5) is 0 Å². The highest BCUT2D eigenvalue weighted by atomic mass is 16.7. The number of ether oxygens (including phenoxy) is 2. The Hall–Kier alpha value is -0.320. The van der Waals surface area contributed by atoms with Crippen LogP contribution in [0, 0.1) is 0 Å². The molecule has 1 aliphatic heterocycles. The molecule has 22 heavy (non-hydrogen) atoms. The monoisotopic (exact) mass is 318 g/mol. The van der Waals surface area contributed by atoms with Crippen molar-refractivity contribution in [3.8, 4) is 0 Å². The van der Waals surface area contributed by atoms with Crippen molar-refractivity contribution >= 4 is 0 Å². The Labute approximate surface area is 131 Å². The van der Waals surface area contributed by atoms with Gasteiger partial charge in [0.1, 0.15) is 12.2 Å². The molecular formula is C14H30N4O4. The minimum atomic E-state index is -1.16. The van der Waals surface area contributed by atoms with Gasteiger partial charge in [0.05, 0.1) is 18.2 Å². The Balaban J connectivity index is 2.01. The molecule has 8 nitrogen and oxygen atoms in total. The molecule has 0 radical (unpaired) electrons. The summed E-state index contributed by atoms with van der Waals surface area (Å²) in [6.07, 6.45) is -1.14. The summed E-state index contributed by atoms with van der Waals surface area (Å²) < 4.78 is 11.7. The van der Waals surface area contributed by atoms with E-state index in [2.05, 4.69) is 0 Å². The van der Waals surface area contributed by atoms with Gasteiger partial charge in [0.15, 0.2) is 6.29 Å². The summed E-state index contributed by atoms with van der Waals surface area (Å²) in [5.74, 6) is 0. The van der Waals surface area contributed by atoms with E-state index in [9.17, 15) is 10.2 Å². The van der Waals surface area contributed by atoms with Crippen LogP contribution < -0.4 is 22.9 Å². The first-order chi connectivity index (χ1) is 10.3. The van der Waals surface area contributed by atoms with Crippen LogP contribution in [0.2, 0.25) is 0 Å². The molecule has 0 amide bonds. The molecule has 8 heteroatoms. The summed E-state index contributed by atoms with van der Waals surface area (Å²) in [7, 11) is 0.